The third kappa shape index (κ3) is 3.98. The highest BCUT2D eigenvalue weighted by atomic mass is 35.6. The SMILES string of the molecule is CCCN([SiH](C)Cl)[SiH](C)Cl. The average Bonchev–Trinajstić information content (AvgIpc) is 1.81. The van der Waals surface area contributed by atoms with Gasteiger partial charge < -0.3 is 4.23 Å². The van der Waals surface area contributed by atoms with E-state index in [1.807, 2.05) is 0 Å². The standard InChI is InChI=1S/C5H15Cl2NSi2/c1-4-5-8(9(2)6)10(3)7/h9-10H,4-5H2,1-3H3. The van der Waals surface area contributed by atoms with Crippen molar-refractivity contribution in [3.05, 3.63) is 0 Å². The minimum Gasteiger partial charge on any atom is -0.326 e. The van der Waals surface area contributed by atoms with Gasteiger partial charge in [-0.05, 0) is 26.1 Å². The maximum Gasteiger partial charge on any atom is 0.204 e. The van der Waals surface area contributed by atoms with E-state index in [1.165, 1.54) is 0 Å². The van der Waals surface area contributed by atoms with Gasteiger partial charge in [-0.15, -0.1) is 0 Å². The first kappa shape index (κ1) is 11.0. The fourth-order valence-electron chi connectivity index (χ4n) is 0.897. The largest absolute Gasteiger partial charge is 0.326 e. The van der Waals surface area contributed by atoms with E-state index < -0.39 is 16.5 Å². The molecule has 2 atom stereocenters. The van der Waals surface area contributed by atoms with Gasteiger partial charge in [-0.2, -0.15) is 22.2 Å². The molecule has 0 saturated heterocycles. The summed E-state index contributed by atoms with van der Waals surface area (Å²) in [4.78, 5) is 0. The van der Waals surface area contributed by atoms with Gasteiger partial charge in [-0.1, -0.05) is 6.92 Å². The molecule has 0 aromatic carbocycles. The van der Waals surface area contributed by atoms with Crippen LogP contribution in [0, 0.1) is 0 Å². The predicted octanol–water partition coefficient (Wildman–Crippen LogP) is 1.88. The molecule has 1 nitrogen and oxygen atoms in total. The van der Waals surface area contributed by atoms with Crippen molar-refractivity contribution in [3.8, 4) is 0 Å². The molecule has 0 spiro atoms. The van der Waals surface area contributed by atoms with E-state index in [-0.39, 0.29) is 0 Å². The number of hydrogen-bond donors (Lipinski definition) is 0. The molecule has 0 bridgehead atoms. The highest BCUT2D eigenvalue weighted by Crippen LogP contribution is 2.06. The Kier molecular flexibility index (Phi) is 6.15. The van der Waals surface area contributed by atoms with E-state index in [1.54, 1.807) is 0 Å². The first-order valence-electron chi connectivity index (χ1n) is 3.63. The highest BCUT2D eigenvalue weighted by molar-refractivity contribution is 7.15. The van der Waals surface area contributed by atoms with Crippen molar-refractivity contribution in [1.29, 1.82) is 0 Å². The topological polar surface area (TPSA) is 3.24 Å². The molecule has 0 aliphatic carbocycles. The van der Waals surface area contributed by atoms with Gasteiger partial charge >= 0.3 is 0 Å². The smallest absolute Gasteiger partial charge is 0.204 e. The fraction of sp³-hybridized carbons (Fsp3) is 1.00. The maximum atomic E-state index is 6.03. The van der Waals surface area contributed by atoms with E-state index in [2.05, 4.69) is 24.2 Å². The summed E-state index contributed by atoms with van der Waals surface area (Å²) in [6, 6.07) is 0. The zero-order valence-corrected chi connectivity index (χ0v) is 10.6. The third-order valence-electron chi connectivity index (χ3n) is 1.40. The van der Waals surface area contributed by atoms with Gasteiger partial charge in [0.05, 0.1) is 0 Å². The Bertz CT molecular complexity index is 81.7. The van der Waals surface area contributed by atoms with Crippen LogP contribution in [0.25, 0.3) is 0 Å². The minimum absolute atomic E-state index is 1.09. The molecule has 0 aliphatic rings. The Morgan fingerprint density at radius 1 is 1.20 bits per heavy atom. The second-order valence-corrected chi connectivity index (χ2v) is 10.4. The van der Waals surface area contributed by atoms with Crippen molar-refractivity contribution in [2.75, 3.05) is 6.54 Å². The van der Waals surface area contributed by atoms with Crippen LogP contribution in [0.1, 0.15) is 13.3 Å². The normalized spacial score (nSPS) is 17.4. The monoisotopic (exact) mass is 215 g/mol. The van der Waals surface area contributed by atoms with Crippen LogP contribution in [0.2, 0.25) is 13.1 Å². The molecule has 10 heavy (non-hydrogen) atoms. The maximum absolute atomic E-state index is 6.03. The van der Waals surface area contributed by atoms with Gasteiger partial charge in [0.15, 0.2) is 0 Å². The van der Waals surface area contributed by atoms with Crippen molar-refractivity contribution in [2.24, 2.45) is 0 Å². The molecule has 0 amide bonds. The molecule has 0 aromatic rings. The molecule has 0 radical (unpaired) electrons. The van der Waals surface area contributed by atoms with E-state index in [9.17, 15) is 0 Å². The van der Waals surface area contributed by atoms with Gasteiger partial charge in [0, 0.05) is 0 Å². The lowest BCUT2D eigenvalue weighted by molar-refractivity contribution is 0.647. The summed E-state index contributed by atoms with van der Waals surface area (Å²) in [6.07, 6.45) is 1.16. The van der Waals surface area contributed by atoms with Crippen molar-refractivity contribution in [1.82, 2.24) is 4.23 Å². The minimum atomic E-state index is -1.13. The summed E-state index contributed by atoms with van der Waals surface area (Å²) in [7, 11) is -2.25. The number of nitrogens with zero attached hydrogens (tertiary/aromatic N) is 1. The Labute approximate surface area is 76.1 Å². The quantitative estimate of drug-likeness (QED) is 0.512. The summed E-state index contributed by atoms with van der Waals surface area (Å²) < 4.78 is 2.32. The van der Waals surface area contributed by atoms with Crippen LogP contribution in [0.4, 0.5) is 0 Å². The van der Waals surface area contributed by atoms with Crippen molar-refractivity contribution >= 4 is 38.7 Å². The third-order valence-corrected chi connectivity index (χ3v) is 9.06. The van der Waals surface area contributed by atoms with Crippen LogP contribution in [-0.2, 0) is 0 Å². The fourth-order valence-corrected chi connectivity index (χ4v) is 8.54. The van der Waals surface area contributed by atoms with Crippen LogP contribution in [0.3, 0.4) is 0 Å². The van der Waals surface area contributed by atoms with Gasteiger partial charge in [-0.3, -0.25) is 0 Å². The van der Waals surface area contributed by atoms with Crippen molar-refractivity contribution < 1.29 is 0 Å². The van der Waals surface area contributed by atoms with Crippen LogP contribution in [0.5, 0.6) is 0 Å². The van der Waals surface area contributed by atoms with E-state index in [0.29, 0.717) is 0 Å². The van der Waals surface area contributed by atoms with Crippen LogP contribution >= 0.6 is 22.2 Å². The zero-order valence-electron chi connectivity index (χ0n) is 6.77. The molecule has 0 fully saturated rings. The Morgan fingerprint density at radius 3 is 1.70 bits per heavy atom. The van der Waals surface area contributed by atoms with E-state index in [4.69, 9.17) is 22.2 Å². The molecule has 2 unspecified atom stereocenters. The molecule has 0 N–H and O–H groups in total. The summed E-state index contributed by atoms with van der Waals surface area (Å²) in [6.45, 7) is 7.48. The van der Waals surface area contributed by atoms with E-state index in [0.717, 1.165) is 13.0 Å². The molecular weight excluding hydrogens is 201 g/mol. The molecule has 0 aliphatic heterocycles. The molecule has 0 heterocycles. The Hall–Kier alpha value is 0.974. The van der Waals surface area contributed by atoms with Gasteiger partial charge in [0.2, 0.25) is 16.5 Å². The Morgan fingerprint density at radius 2 is 1.60 bits per heavy atom. The van der Waals surface area contributed by atoms with Gasteiger partial charge in [0.1, 0.15) is 0 Å². The average molecular weight is 216 g/mol. The van der Waals surface area contributed by atoms with Crippen molar-refractivity contribution in [2.45, 2.75) is 26.4 Å². The van der Waals surface area contributed by atoms with Gasteiger partial charge in [-0.25, -0.2) is 0 Å². The van der Waals surface area contributed by atoms with Crippen LogP contribution in [-0.4, -0.2) is 27.3 Å². The molecule has 5 heteroatoms. The Balaban J connectivity index is 3.73. The summed E-state index contributed by atoms with van der Waals surface area (Å²) in [5.41, 5.74) is 0. The lowest BCUT2D eigenvalue weighted by atomic mass is 10.5. The molecular formula is C5H15Cl2NSi2. The summed E-state index contributed by atoms with van der Waals surface area (Å²) in [5, 5.41) is 0. The lowest BCUT2D eigenvalue weighted by Crippen LogP contribution is -2.41. The summed E-state index contributed by atoms with van der Waals surface area (Å²) in [5.74, 6) is 0. The van der Waals surface area contributed by atoms with Gasteiger partial charge in [0.25, 0.3) is 0 Å². The second-order valence-electron chi connectivity index (χ2n) is 2.39. The predicted molar refractivity (Wildman–Crippen MR) is 54.7 cm³/mol. The molecule has 0 rings (SSSR count). The number of hydrogen-bond acceptors (Lipinski definition) is 1. The second kappa shape index (κ2) is 5.60. The van der Waals surface area contributed by atoms with Crippen LogP contribution in [0.15, 0.2) is 0 Å². The van der Waals surface area contributed by atoms with E-state index >= 15 is 0 Å². The van der Waals surface area contributed by atoms with Crippen molar-refractivity contribution in [3.63, 3.8) is 0 Å². The van der Waals surface area contributed by atoms with Crippen LogP contribution < -0.4 is 0 Å². The number of halogens is 2. The molecule has 62 valence electrons. The first-order valence-corrected chi connectivity index (χ1v) is 10.5. The number of rotatable bonds is 4. The first-order chi connectivity index (χ1) is 4.59. The zero-order chi connectivity index (χ0) is 8.15. The summed E-state index contributed by atoms with van der Waals surface area (Å²) >= 11 is 12.1. The molecule has 0 aromatic heterocycles. The lowest BCUT2D eigenvalue weighted by Gasteiger charge is -2.24. The molecule has 0 saturated carbocycles. The highest BCUT2D eigenvalue weighted by Gasteiger charge is 2.17.